The Balaban J connectivity index is -0.0000000533. The minimum Gasteiger partial charge on any atom is -0.0149 e. The summed E-state index contributed by atoms with van der Waals surface area (Å²) in [5.74, 6) is 0. The van der Waals surface area contributed by atoms with Crippen LogP contribution >= 0.6 is 0 Å². The van der Waals surface area contributed by atoms with Crippen molar-refractivity contribution in [2.24, 2.45) is 0 Å². The quantitative estimate of drug-likeness (QED) is 0.115. The van der Waals surface area contributed by atoms with Crippen molar-refractivity contribution in [3.63, 3.8) is 0 Å². The van der Waals surface area contributed by atoms with Crippen molar-refractivity contribution in [2.75, 3.05) is 0 Å². The zero-order valence-electron chi connectivity index (χ0n) is 8.79. The van der Waals surface area contributed by atoms with Gasteiger partial charge in [0.25, 0.3) is 0 Å². The van der Waals surface area contributed by atoms with Crippen LogP contribution in [-0.2, 0) is 15.0 Å². The Labute approximate surface area is 132 Å². The van der Waals surface area contributed by atoms with Crippen LogP contribution in [0.1, 0.15) is 0 Å². The van der Waals surface area contributed by atoms with Crippen LogP contribution in [0.5, 0.6) is 0 Å². The van der Waals surface area contributed by atoms with Crippen LogP contribution in [0.25, 0.3) is 0 Å². The monoisotopic (exact) mass is 600 g/mol. The summed E-state index contributed by atoms with van der Waals surface area (Å²) in [4.78, 5) is 0. The van der Waals surface area contributed by atoms with Crippen LogP contribution in [0.2, 0.25) is 0 Å². The molecule has 21 heteroatoms. The molecule has 0 aliphatic heterocycles. The molecule has 0 saturated heterocycles. The van der Waals surface area contributed by atoms with E-state index in [0.717, 1.165) is 0 Å². The van der Waals surface area contributed by atoms with E-state index in [9.17, 15) is 0 Å². The molecule has 0 aromatic rings. The average Bonchev–Trinajstić information content (AvgIpc) is 1.62. The predicted molar refractivity (Wildman–Crippen MR) is 63.7 cm³/mol. The molecule has 136 valence electrons. The normalized spacial score (nSPS) is 11.2. The maximum absolute atomic E-state index is 8.94. The second-order valence-electron chi connectivity index (χ2n) is 2.05. The van der Waals surface area contributed by atoms with Gasteiger partial charge in [-0.3, -0.25) is 0 Å². The first kappa shape index (κ1) is 33.7. The summed E-state index contributed by atoms with van der Waals surface area (Å²) in [6.07, 6.45) is 0. The van der Waals surface area contributed by atoms with E-state index in [4.69, 9.17) is 64.1 Å². The van der Waals surface area contributed by atoms with Gasteiger partial charge in [0.1, 0.15) is 0 Å². The van der Waals surface area contributed by atoms with Gasteiger partial charge in [0, 0.05) is 0 Å². The SMILES string of the molecule is O=[As](O)(O)O.O=[As](O)(O)O.O=[As](O)(O)O.O=[As](O)(O)O.[SiH4]. The molecule has 0 bridgehead atoms. The number of hydrogen-bond donors (Lipinski definition) is 12. The van der Waals surface area contributed by atoms with Crippen molar-refractivity contribution in [3.8, 4) is 0 Å². The van der Waals surface area contributed by atoms with Gasteiger partial charge in [-0.1, -0.05) is 0 Å². The van der Waals surface area contributed by atoms with Gasteiger partial charge in [-0.2, -0.15) is 0 Å². The molecule has 0 heterocycles. The fourth-order valence-corrected chi connectivity index (χ4v) is 0. The predicted octanol–water partition coefficient (Wildman–Crippen LogP) is -10.1. The number of hydrogen-bond acceptors (Lipinski definition) is 4. The van der Waals surface area contributed by atoms with E-state index < -0.39 is 58.1 Å². The molecular weight excluding hydrogens is 584 g/mol. The molecule has 0 aliphatic rings. The third kappa shape index (κ3) is 5680. The molecule has 21 heavy (non-hydrogen) atoms. The molecule has 0 radical (unpaired) electrons. The molecule has 0 fully saturated rings. The van der Waals surface area contributed by atoms with Crippen LogP contribution < -0.4 is 0 Å². The van der Waals surface area contributed by atoms with Crippen LogP contribution in [0.15, 0.2) is 0 Å². The summed E-state index contributed by atoms with van der Waals surface area (Å²) in [6.45, 7) is 0. The van der Waals surface area contributed by atoms with E-state index in [1.54, 1.807) is 0 Å². The van der Waals surface area contributed by atoms with Gasteiger partial charge in [0.2, 0.25) is 0 Å². The molecule has 0 saturated carbocycles. The van der Waals surface area contributed by atoms with Gasteiger partial charge in [-0.05, 0) is 11.0 Å². The van der Waals surface area contributed by atoms with E-state index in [1.165, 1.54) is 0 Å². The third-order valence-corrected chi connectivity index (χ3v) is 0. The van der Waals surface area contributed by atoms with Crippen molar-refractivity contribution in [3.05, 3.63) is 0 Å². The van der Waals surface area contributed by atoms with Crippen molar-refractivity contribution < 1.29 is 64.1 Å². The maximum Gasteiger partial charge on any atom is -0.0149 e. The van der Waals surface area contributed by atoms with Crippen molar-refractivity contribution in [2.45, 2.75) is 0 Å². The molecule has 0 spiro atoms. The fourth-order valence-electron chi connectivity index (χ4n) is 0. The zero-order valence-corrected chi connectivity index (χ0v) is 16.3. The topological polar surface area (TPSA) is 311 Å². The van der Waals surface area contributed by atoms with Crippen LogP contribution in [0, 0.1) is 0 Å². The Morgan fingerprint density at radius 2 is 0.333 bits per heavy atom. The summed E-state index contributed by atoms with van der Waals surface area (Å²) in [6, 6.07) is 0. The van der Waals surface area contributed by atoms with E-state index in [2.05, 4.69) is 0 Å². The van der Waals surface area contributed by atoms with Crippen molar-refractivity contribution >= 4 is 69.0 Å². The summed E-state index contributed by atoms with van der Waals surface area (Å²) >= 11 is -20.5. The first-order chi connectivity index (χ1) is 8.00. The smallest absolute Gasteiger partial charge is 0.0149 e. The Morgan fingerprint density at radius 3 is 0.333 bits per heavy atom. The van der Waals surface area contributed by atoms with Gasteiger partial charge in [-0.15, -0.1) is 0 Å². The standard InChI is InChI=1S/4AsH3O4.H4Si/c4*2-1(3,4)5;/h4*(H3,2,3,4,5);1H4. The van der Waals surface area contributed by atoms with Gasteiger partial charge in [0.05, 0.1) is 0 Å². The largest absolute Gasteiger partial charge is 0.0149 e. The first-order valence-corrected chi connectivity index (χ1v) is 16.3. The van der Waals surface area contributed by atoms with E-state index >= 15 is 0 Å². The molecule has 0 amide bonds. The number of rotatable bonds is 0. The molecule has 12 N–H and O–H groups in total. The van der Waals surface area contributed by atoms with Gasteiger partial charge >= 0.3 is 122 Å². The molecule has 0 atom stereocenters. The Hall–Kier alpha value is 1.17. The van der Waals surface area contributed by atoms with E-state index in [1.807, 2.05) is 0 Å². The van der Waals surface area contributed by atoms with Crippen molar-refractivity contribution in [1.82, 2.24) is 0 Å². The van der Waals surface area contributed by atoms with Crippen molar-refractivity contribution in [1.29, 1.82) is 0 Å². The second-order valence-corrected chi connectivity index (χ2v) is 10.7. The summed E-state index contributed by atoms with van der Waals surface area (Å²) in [5.41, 5.74) is 0. The first-order valence-electron chi connectivity index (χ1n) is 3.13. The summed E-state index contributed by atoms with van der Waals surface area (Å²) < 4.78 is 123. The molecule has 0 aromatic heterocycles. The van der Waals surface area contributed by atoms with Crippen LogP contribution in [0.3, 0.4) is 0 Å². The summed E-state index contributed by atoms with van der Waals surface area (Å²) in [5, 5.41) is 0. The van der Waals surface area contributed by atoms with Crippen LogP contribution in [0.4, 0.5) is 0 Å². The van der Waals surface area contributed by atoms with Crippen LogP contribution in [-0.4, -0.2) is 118 Å². The maximum atomic E-state index is 8.94. The molecule has 16 nitrogen and oxygen atoms in total. The van der Waals surface area contributed by atoms with Gasteiger partial charge in [0.15, 0.2) is 0 Å². The Morgan fingerprint density at radius 1 is 0.333 bits per heavy atom. The molecule has 0 aromatic carbocycles. The van der Waals surface area contributed by atoms with Gasteiger partial charge in [-0.25, -0.2) is 0 Å². The zero-order chi connectivity index (χ0) is 18.0. The molecule has 0 aliphatic carbocycles. The summed E-state index contributed by atoms with van der Waals surface area (Å²) in [7, 11) is 0. The Bertz CT molecular complexity index is 285. The molecular formula is H16As4O16Si. The molecule has 0 rings (SSSR count). The van der Waals surface area contributed by atoms with E-state index in [0.29, 0.717) is 0 Å². The second kappa shape index (κ2) is 13.6. The third-order valence-electron chi connectivity index (χ3n) is 0. The average molecular weight is 600 g/mol. The van der Waals surface area contributed by atoms with E-state index in [-0.39, 0.29) is 11.0 Å². The fraction of sp³-hybridized carbons (Fsp3) is 0. The Kier molecular flexibility index (Phi) is 21.8. The minimum atomic E-state index is -5.12. The minimum absolute atomic E-state index is 0. The van der Waals surface area contributed by atoms with Gasteiger partial charge < -0.3 is 0 Å². The molecule has 0 unspecified atom stereocenters.